The zero-order chi connectivity index (χ0) is 15.7. The van der Waals surface area contributed by atoms with Gasteiger partial charge in [0.15, 0.2) is 0 Å². The fourth-order valence-electron chi connectivity index (χ4n) is 3.12. The molecular formula is C17H23BrN4. The Morgan fingerprint density at radius 1 is 1.27 bits per heavy atom. The Balaban J connectivity index is 1.85. The quantitative estimate of drug-likeness (QED) is 0.910. The lowest BCUT2D eigenvalue weighted by Crippen LogP contribution is -2.48. The lowest BCUT2D eigenvalue weighted by atomic mass is 10.1. The molecule has 5 heteroatoms. The second-order valence-electron chi connectivity index (χ2n) is 6.13. The lowest BCUT2D eigenvalue weighted by Gasteiger charge is -2.31. The first kappa shape index (κ1) is 15.7. The molecule has 0 spiro atoms. The van der Waals surface area contributed by atoms with Gasteiger partial charge in [-0.15, -0.1) is 0 Å². The summed E-state index contributed by atoms with van der Waals surface area (Å²) in [5.74, 6) is 0. The molecule has 1 aliphatic rings. The van der Waals surface area contributed by atoms with Gasteiger partial charge in [0.25, 0.3) is 0 Å². The van der Waals surface area contributed by atoms with Crippen molar-refractivity contribution in [3.05, 3.63) is 45.7 Å². The van der Waals surface area contributed by atoms with Gasteiger partial charge >= 0.3 is 0 Å². The van der Waals surface area contributed by atoms with E-state index in [1.54, 1.807) is 0 Å². The summed E-state index contributed by atoms with van der Waals surface area (Å²) in [6.45, 7) is 10.8. The highest BCUT2D eigenvalue weighted by Gasteiger charge is 2.20. The molecule has 3 rings (SSSR count). The number of benzene rings is 1. The van der Waals surface area contributed by atoms with Crippen LogP contribution in [0.25, 0.3) is 5.69 Å². The topological polar surface area (TPSA) is 33.1 Å². The van der Waals surface area contributed by atoms with Gasteiger partial charge in [0.05, 0.1) is 11.4 Å². The predicted octanol–water partition coefficient (Wildman–Crippen LogP) is 3.05. The normalized spacial score (nSPS) is 19.5. The molecule has 0 bridgehead atoms. The van der Waals surface area contributed by atoms with Gasteiger partial charge in [0, 0.05) is 48.0 Å². The molecule has 0 unspecified atom stereocenters. The highest BCUT2D eigenvalue weighted by atomic mass is 79.9. The maximum atomic E-state index is 4.75. The van der Waals surface area contributed by atoms with Crippen molar-refractivity contribution in [3.63, 3.8) is 0 Å². The zero-order valence-corrected chi connectivity index (χ0v) is 15.0. The van der Waals surface area contributed by atoms with Crippen LogP contribution in [0.3, 0.4) is 0 Å². The third-order valence-electron chi connectivity index (χ3n) is 4.35. The van der Waals surface area contributed by atoms with Gasteiger partial charge in [-0.1, -0.05) is 15.9 Å². The monoisotopic (exact) mass is 362 g/mol. The molecule has 0 saturated carbocycles. The number of nitrogens with one attached hydrogen (secondary N) is 1. The van der Waals surface area contributed by atoms with E-state index >= 15 is 0 Å². The van der Waals surface area contributed by atoms with E-state index in [4.69, 9.17) is 5.10 Å². The molecule has 0 radical (unpaired) electrons. The van der Waals surface area contributed by atoms with Gasteiger partial charge in [-0.05, 0) is 45.0 Å². The van der Waals surface area contributed by atoms with Crippen LogP contribution in [0.2, 0.25) is 0 Å². The van der Waals surface area contributed by atoms with Crippen LogP contribution in [0.5, 0.6) is 0 Å². The predicted molar refractivity (Wildman–Crippen MR) is 93.5 cm³/mol. The van der Waals surface area contributed by atoms with Crippen LogP contribution in [0.1, 0.15) is 23.9 Å². The smallest absolute Gasteiger partial charge is 0.0649 e. The molecule has 2 aromatic rings. The first-order valence-electron chi connectivity index (χ1n) is 7.81. The van der Waals surface area contributed by atoms with Crippen molar-refractivity contribution in [2.75, 3.05) is 19.6 Å². The molecule has 2 heterocycles. The third-order valence-corrected chi connectivity index (χ3v) is 4.88. The number of piperazine rings is 1. The summed E-state index contributed by atoms with van der Waals surface area (Å²) in [7, 11) is 0. The number of nitrogens with zero attached hydrogens (tertiary/aromatic N) is 3. The van der Waals surface area contributed by atoms with Crippen LogP contribution in [-0.4, -0.2) is 40.4 Å². The molecule has 1 N–H and O–H groups in total. The number of aryl methyl sites for hydroxylation is 1. The third kappa shape index (κ3) is 3.26. The van der Waals surface area contributed by atoms with Crippen molar-refractivity contribution >= 4 is 15.9 Å². The van der Waals surface area contributed by atoms with E-state index in [-0.39, 0.29) is 0 Å². The number of aromatic nitrogens is 2. The number of hydrogen-bond acceptors (Lipinski definition) is 3. The van der Waals surface area contributed by atoms with Crippen molar-refractivity contribution in [3.8, 4) is 5.69 Å². The molecule has 1 aromatic heterocycles. The Kier molecular flexibility index (Phi) is 4.66. The molecule has 1 atom stereocenters. The fraction of sp³-hybridized carbons (Fsp3) is 0.471. The van der Waals surface area contributed by atoms with Gasteiger partial charge in [-0.2, -0.15) is 5.10 Å². The SMILES string of the molecule is Cc1nn(-c2ccc(Br)cc2)c(C)c1CN1CCN[C@@H](C)C1. The summed E-state index contributed by atoms with van der Waals surface area (Å²) in [5.41, 5.74) is 4.85. The minimum Gasteiger partial charge on any atom is -0.312 e. The maximum Gasteiger partial charge on any atom is 0.0649 e. The highest BCUT2D eigenvalue weighted by molar-refractivity contribution is 9.10. The second-order valence-corrected chi connectivity index (χ2v) is 7.04. The molecule has 0 aliphatic carbocycles. The highest BCUT2D eigenvalue weighted by Crippen LogP contribution is 2.21. The molecule has 4 nitrogen and oxygen atoms in total. The van der Waals surface area contributed by atoms with Gasteiger partial charge in [-0.25, -0.2) is 4.68 Å². The fourth-order valence-corrected chi connectivity index (χ4v) is 3.38. The Bertz CT molecular complexity index is 647. The maximum absolute atomic E-state index is 4.75. The summed E-state index contributed by atoms with van der Waals surface area (Å²) < 4.78 is 3.15. The van der Waals surface area contributed by atoms with Crippen molar-refractivity contribution in [2.45, 2.75) is 33.4 Å². The zero-order valence-electron chi connectivity index (χ0n) is 13.4. The standard InChI is InChI=1S/C17H23BrN4/c1-12-10-21(9-8-19-12)11-17-13(2)20-22(14(17)3)16-6-4-15(18)5-7-16/h4-7,12,19H,8-11H2,1-3H3/t12-/m0/s1. The minimum absolute atomic E-state index is 0.566. The van der Waals surface area contributed by atoms with Gasteiger partial charge in [-0.3, -0.25) is 4.90 Å². The summed E-state index contributed by atoms with van der Waals surface area (Å²) in [5, 5.41) is 8.25. The summed E-state index contributed by atoms with van der Waals surface area (Å²) in [6, 6.07) is 8.88. The van der Waals surface area contributed by atoms with E-state index in [0.717, 1.165) is 42.0 Å². The van der Waals surface area contributed by atoms with E-state index in [1.165, 1.54) is 11.3 Å². The Labute approximate surface area is 140 Å². The van der Waals surface area contributed by atoms with Gasteiger partial charge < -0.3 is 5.32 Å². The summed E-state index contributed by atoms with van der Waals surface area (Å²) in [4.78, 5) is 2.52. The summed E-state index contributed by atoms with van der Waals surface area (Å²) in [6.07, 6.45) is 0. The van der Waals surface area contributed by atoms with Crippen molar-refractivity contribution < 1.29 is 0 Å². The van der Waals surface area contributed by atoms with Crippen LogP contribution in [0.15, 0.2) is 28.7 Å². The van der Waals surface area contributed by atoms with E-state index in [1.807, 2.05) is 0 Å². The first-order chi connectivity index (χ1) is 10.5. The van der Waals surface area contributed by atoms with E-state index in [9.17, 15) is 0 Å². The Hall–Kier alpha value is -1.17. The van der Waals surface area contributed by atoms with Gasteiger partial charge in [0.2, 0.25) is 0 Å². The Morgan fingerprint density at radius 3 is 2.68 bits per heavy atom. The molecule has 1 aromatic carbocycles. The van der Waals surface area contributed by atoms with Crippen molar-refractivity contribution in [1.82, 2.24) is 20.0 Å². The minimum atomic E-state index is 0.566. The van der Waals surface area contributed by atoms with Crippen LogP contribution >= 0.6 is 15.9 Å². The van der Waals surface area contributed by atoms with Crippen molar-refractivity contribution in [2.24, 2.45) is 0 Å². The second kappa shape index (κ2) is 6.52. The van der Waals surface area contributed by atoms with Crippen molar-refractivity contribution in [1.29, 1.82) is 0 Å². The van der Waals surface area contributed by atoms with E-state index < -0.39 is 0 Å². The number of halogens is 1. The molecule has 1 fully saturated rings. The lowest BCUT2D eigenvalue weighted by molar-refractivity contribution is 0.199. The van der Waals surface area contributed by atoms with E-state index in [2.05, 4.69) is 75.9 Å². The largest absolute Gasteiger partial charge is 0.312 e. The Morgan fingerprint density at radius 2 is 2.00 bits per heavy atom. The average molecular weight is 363 g/mol. The molecule has 118 valence electrons. The van der Waals surface area contributed by atoms with Crippen LogP contribution in [-0.2, 0) is 6.54 Å². The summed E-state index contributed by atoms with van der Waals surface area (Å²) >= 11 is 3.49. The van der Waals surface area contributed by atoms with Crippen LogP contribution in [0.4, 0.5) is 0 Å². The number of rotatable bonds is 3. The molecule has 1 saturated heterocycles. The van der Waals surface area contributed by atoms with Crippen LogP contribution < -0.4 is 5.32 Å². The average Bonchev–Trinajstić information content (AvgIpc) is 2.76. The van der Waals surface area contributed by atoms with Gasteiger partial charge in [0.1, 0.15) is 0 Å². The molecule has 0 amide bonds. The molecular weight excluding hydrogens is 340 g/mol. The number of hydrogen-bond donors (Lipinski definition) is 1. The van der Waals surface area contributed by atoms with E-state index in [0.29, 0.717) is 6.04 Å². The molecule has 1 aliphatic heterocycles. The van der Waals surface area contributed by atoms with Crippen LogP contribution in [0, 0.1) is 13.8 Å². The first-order valence-corrected chi connectivity index (χ1v) is 8.60. The molecule has 22 heavy (non-hydrogen) atoms.